The van der Waals surface area contributed by atoms with E-state index in [-0.39, 0.29) is 11.9 Å². The quantitative estimate of drug-likeness (QED) is 0.388. The summed E-state index contributed by atoms with van der Waals surface area (Å²) in [6.07, 6.45) is 8.95. The molecule has 0 aromatic carbocycles. The Morgan fingerprint density at radius 3 is 2.77 bits per heavy atom. The molecule has 1 saturated carbocycles. The van der Waals surface area contributed by atoms with Crippen LogP contribution >= 0.6 is 11.3 Å². The highest BCUT2D eigenvalue weighted by Gasteiger charge is 2.23. The van der Waals surface area contributed by atoms with Gasteiger partial charge in [0.1, 0.15) is 5.82 Å². The molecule has 0 spiro atoms. The molecule has 2 fully saturated rings. The number of fused-ring (bicyclic) bond motifs is 1. The summed E-state index contributed by atoms with van der Waals surface area (Å²) in [4.78, 5) is 23.5. The minimum Gasteiger partial charge on any atom is -0.379 e. The van der Waals surface area contributed by atoms with E-state index in [0.717, 1.165) is 86.8 Å². The van der Waals surface area contributed by atoms with Crippen LogP contribution < -0.4 is 16.0 Å². The van der Waals surface area contributed by atoms with Crippen molar-refractivity contribution in [1.29, 1.82) is 0 Å². The minimum absolute atomic E-state index is 0.0994. The normalized spacial score (nSPS) is 21.0. The number of thiophene rings is 1. The van der Waals surface area contributed by atoms with Gasteiger partial charge in [-0.25, -0.2) is 4.98 Å². The average Bonchev–Trinajstić information content (AvgIpc) is 3.54. The number of carbonyl (C=O) groups excluding carboxylic acids is 1. The van der Waals surface area contributed by atoms with Crippen LogP contribution in [0, 0.1) is 0 Å². The number of anilines is 3. The van der Waals surface area contributed by atoms with E-state index in [1.165, 1.54) is 6.08 Å². The maximum absolute atomic E-state index is 11.6. The fourth-order valence-corrected chi connectivity index (χ4v) is 5.38. The van der Waals surface area contributed by atoms with Gasteiger partial charge >= 0.3 is 0 Å². The van der Waals surface area contributed by atoms with E-state index in [4.69, 9.17) is 14.7 Å². The predicted molar refractivity (Wildman–Crippen MR) is 138 cm³/mol. The predicted octanol–water partition coefficient (Wildman–Crippen LogP) is 2.99. The molecule has 0 bridgehead atoms. The Morgan fingerprint density at radius 1 is 1.17 bits per heavy atom. The molecule has 1 amide bonds. The van der Waals surface area contributed by atoms with Gasteiger partial charge in [0, 0.05) is 37.9 Å². The number of nitrogens with one attached hydrogen (secondary N) is 3. The Kier molecular flexibility index (Phi) is 7.55. The van der Waals surface area contributed by atoms with Crippen LogP contribution in [0.1, 0.15) is 25.7 Å². The van der Waals surface area contributed by atoms with Crippen molar-refractivity contribution in [3.05, 3.63) is 36.5 Å². The average molecular weight is 497 g/mol. The van der Waals surface area contributed by atoms with Crippen molar-refractivity contribution in [2.75, 3.05) is 43.5 Å². The van der Waals surface area contributed by atoms with Crippen molar-refractivity contribution in [3.63, 3.8) is 0 Å². The number of nitrogens with zero attached hydrogens (tertiary/aromatic N) is 5. The summed E-state index contributed by atoms with van der Waals surface area (Å²) < 4.78 is 8.42. The lowest BCUT2D eigenvalue weighted by Gasteiger charge is -2.29. The van der Waals surface area contributed by atoms with Crippen LogP contribution in [0.4, 0.5) is 17.5 Å². The minimum atomic E-state index is -0.0994. The van der Waals surface area contributed by atoms with Crippen molar-refractivity contribution in [3.8, 4) is 0 Å². The van der Waals surface area contributed by atoms with Crippen LogP contribution in [0.2, 0.25) is 0 Å². The van der Waals surface area contributed by atoms with E-state index in [0.29, 0.717) is 12.0 Å². The molecule has 1 aliphatic carbocycles. The van der Waals surface area contributed by atoms with Crippen molar-refractivity contribution in [2.45, 2.75) is 44.3 Å². The highest BCUT2D eigenvalue weighted by atomic mass is 32.1. The molecule has 4 heterocycles. The lowest BCUT2D eigenvalue weighted by molar-refractivity contribution is -0.117. The molecule has 0 unspecified atom stereocenters. The van der Waals surface area contributed by atoms with Crippen molar-refractivity contribution in [1.82, 2.24) is 30.0 Å². The van der Waals surface area contributed by atoms with E-state index < -0.39 is 0 Å². The summed E-state index contributed by atoms with van der Waals surface area (Å²) in [5.74, 6) is 1.31. The molecular weight excluding hydrogens is 464 g/mol. The van der Waals surface area contributed by atoms with Gasteiger partial charge < -0.3 is 20.7 Å². The molecule has 3 aromatic rings. The van der Waals surface area contributed by atoms with Gasteiger partial charge in [-0.1, -0.05) is 6.58 Å². The second-order valence-electron chi connectivity index (χ2n) is 9.01. The summed E-state index contributed by atoms with van der Waals surface area (Å²) in [6, 6.07) is 2.54. The Bertz CT molecular complexity index is 1150. The van der Waals surface area contributed by atoms with Gasteiger partial charge in [0.2, 0.25) is 11.9 Å². The number of hydrogen-bond donors (Lipinski definition) is 3. The highest BCUT2D eigenvalue weighted by Crippen LogP contribution is 2.31. The molecule has 0 radical (unpaired) electrons. The molecule has 2 aliphatic rings. The third-order valence-electron chi connectivity index (χ3n) is 6.54. The first-order valence-electron chi connectivity index (χ1n) is 12.2. The monoisotopic (exact) mass is 496 g/mol. The molecule has 3 aromatic heterocycles. The maximum atomic E-state index is 11.6. The van der Waals surface area contributed by atoms with Crippen molar-refractivity contribution >= 4 is 44.9 Å². The Balaban J connectivity index is 1.21. The molecule has 35 heavy (non-hydrogen) atoms. The topological polar surface area (TPSA) is 109 Å². The van der Waals surface area contributed by atoms with Gasteiger partial charge in [0.15, 0.2) is 0 Å². The lowest BCUT2D eigenvalue weighted by atomic mass is 9.91. The number of ether oxygens (including phenoxy) is 1. The smallest absolute Gasteiger partial charge is 0.243 e. The molecule has 1 aliphatic heterocycles. The third-order valence-corrected chi connectivity index (χ3v) is 7.45. The summed E-state index contributed by atoms with van der Waals surface area (Å²) in [5, 5.41) is 16.5. The summed E-state index contributed by atoms with van der Waals surface area (Å²) >= 11 is 1.64. The number of carbonyl (C=O) groups is 1. The SMILES string of the molecule is C=CC(=O)N[C@H]1CC[C@@H](Nc2nc(Nc3cnn(CCN4CCOCC4)c3)nc3ccsc23)CC1. The summed E-state index contributed by atoms with van der Waals surface area (Å²) in [5.41, 5.74) is 1.78. The summed E-state index contributed by atoms with van der Waals surface area (Å²) in [6.45, 7) is 8.87. The van der Waals surface area contributed by atoms with Crippen LogP contribution in [0.25, 0.3) is 10.2 Å². The Hall–Kier alpha value is -3.02. The number of amides is 1. The molecule has 1 saturated heterocycles. The Labute approximate surface area is 208 Å². The van der Waals surface area contributed by atoms with Gasteiger partial charge in [-0.15, -0.1) is 11.3 Å². The van der Waals surface area contributed by atoms with Gasteiger partial charge in [0.05, 0.1) is 41.9 Å². The molecule has 10 nitrogen and oxygen atoms in total. The van der Waals surface area contributed by atoms with Crippen molar-refractivity contribution in [2.24, 2.45) is 0 Å². The number of rotatable bonds is 9. The fourth-order valence-electron chi connectivity index (χ4n) is 4.60. The van der Waals surface area contributed by atoms with Gasteiger partial charge in [-0.3, -0.25) is 14.4 Å². The lowest BCUT2D eigenvalue weighted by Crippen LogP contribution is -2.39. The first kappa shape index (κ1) is 23.7. The van der Waals surface area contributed by atoms with Crippen LogP contribution in [0.15, 0.2) is 36.5 Å². The zero-order chi connectivity index (χ0) is 24.0. The zero-order valence-corrected chi connectivity index (χ0v) is 20.6. The molecule has 5 rings (SSSR count). The van der Waals surface area contributed by atoms with E-state index in [1.807, 2.05) is 28.5 Å². The molecular formula is C24H32N8O2S. The molecule has 3 N–H and O–H groups in total. The largest absolute Gasteiger partial charge is 0.379 e. The maximum Gasteiger partial charge on any atom is 0.243 e. The molecule has 11 heteroatoms. The second-order valence-corrected chi connectivity index (χ2v) is 9.92. The first-order valence-corrected chi connectivity index (χ1v) is 13.1. The fraction of sp³-hybridized carbons (Fsp3) is 0.500. The van der Waals surface area contributed by atoms with E-state index in [9.17, 15) is 4.79 Å². The summed E-state index contributed by atoms with van der Waals surface area (Å²) in [7, 11) is 0. The number of morpholine rings is 1. The number of hydrogen-bond acceptors (Lipinski definition) is 9. The Morgan fingerprint density at radius 2 is 1.97 bits per heavy atom. The highest BCUT2D eigenvalue weighted by molar-refractivity contribution is 7.17. The van der Waals surface area contributed by atoms with Gasteiger partial charge in [-0.2, -0.15) is 10.1 Å². The van der Waals surface area contributed by atoms with Crippen LogP contribution in [-0.2, 0) is 16.1 Å². The van der Waals surface area contributed by atoms with Crippen molar-refractivity contribution < 1.29 is 9.53 Å². The van der Waals surface area contributed by atoms with E-state index in [1.54, 1.807) is 11.3 Å². The third kappa shape index (κ3) is 6.16. The first-order chi connectivity index (χ1) is 17.2. The second kappa shape index (κ2) is 11.1. The standard InChI is InChI=1S/C24H32N8O2S/c1-2-21(33)26-17-3-5-18(6-4-17)27-23-22-20(7-14-35-22)29-24(30-23)28-19-15-25-32(16-19)9-8-31-10-12-34-13-11-31/h2,7,14-18H,1,3-6,8-13H2,(H,26,33)(H2,27,28,29,30)/t17-,18+. The zero-order valence-electron chi connectivity index (χ0n) is 19.8. The van der Waals surface area contributed by atoms with Gasteiger partial charge in [0.25, 0.3) is 0 Å². The van der Waals surface area contributed by atoms with Crippen LogP contribution in [0.3, 0.4) is 0 Å². The van der Waals surface area contributed by atoms with E-state index >= 15 is 0 Å². The van der Waals surface area contributed by atoms with E-state index in [2.05, 4.69) is 32.5 Å². The van der Waals surface area contributed by atoms with Gasteiger partial charge in [-0.05, 0) is 43.2 Å². The van der Waals surface area contributed by atoms with Crippen LogP contribution in [-0.4, -0.2) is 75.5 Å². The number of aromatic nitrogens is 4. The molecule has 186 valence electrons. The van der Waals surface area contributed by atoms with Crippen LogP contribution in [0.5, 0.6) is 0 Å². The molecule has 0 atom stereocenters.